The number of carbonyl (C=O) groups is 1. The van der Waals surface area contributed by atoms with Crippen molar-refractivity contribution in [2.24, 2.45) is 0 Å². The maximum Gasteiger partial charge on any atom is 0.317 e. The van der Waals surface area contributed by atoms with E-state index in [-0.39, 0.29) is 24.0 Å². The van der Waals surface area contributed by atoms with Crippen molar-refractivity contribution >= 4 is 6.03 Å². The van der Waals surface area contributed by atoms with Gasteiger partial charge in [-0.15, -0.1) is 0 Å². The molecule has 0 atom stereocenters. The van der Waals surface area contributed by atoms with Crippen LogP contribution in [0.25, 0.3) is 0 Å². The summed E-state index contributed by atoms with van der Waals surface area (Å²) >= 11 is 0. The molecule has 2 fully saturated rings. The molecular formula is C22H33FN2O3. The number of halogens is 1. The molecule has 0 aromatic heterocycles. The van der Waals surface area contributed by atoms with Gasteiger partial charge in [0.25, 0.3) is 0 Å². The molecule has 0 spiro atoms. The molecule has 1 aromatic carbocycles. The van der Waals surface area contributed by atoms with E-state index in [4.69, 9.17) is 4.74 Å². The number of urea groups is 1. The van der Waals surface area contributed by atoms with Crippen LogP contribution in [0.15, 0.2) is 24.3 Å². The predicted molar refractivity (Wildman–Crippen MR) is 107 cm³/mol. The van der Waals surface area contributed by atoms with Gasteiger partial charge in [-0.1, -0.05) is 12.1 Å². The Bertz CT molecular complexity index is 634. The molecule has 6 heteroatoms. The van der Waals surface area contributed by atoms with Crippen molar-refractivity contribution in [2.75, 3.05) is 13.1 Å². The van der Waals surface area contributed by atoms with Gasteiger partial charge in [-0.25, -0.2) is 9.18 Å². The van der Waals surface area contributed by atoms with Crippen LogP contribution in [0.4, 0.5) is 9.18 Å². The fraction of sp³-hybridized carbons (Fsp3) is 0.682. The second-order valence-electron chi connectivity index (χ2n) is 8.62. The lowest BCUT2D eigenvalue weighted by molar-refractivity contribution is -0.0185. The Hall–Kier alpha value is -1.66. The van der Waals surface area contributed by atoms with Crippen molar-refractivity contribution < 1.29 is 19.0 Å². The van der Waals surface area contributed by atoms with Gasteiger partial charge in [0.15, 0.2) is 0 Å². The van der Waals surface area contributed by atoms with E-state index in [1.165, 1.54) is 12.1 Å². The molecule has 2 amide bonds. The molecule has 1 saturated carbocycles. The maximum atomic E-state index is 13.0. The van der Waals surface area contributed by atoms with Gasteiger partial charge in [0.2, 0.25) is 0 Å². The molecule has 1 aliphatic heterocycles. The van der Waals surface area contributed by atoms with Crippen LogP contribution in [0.5, 0.6) is 0 Å². The number of amides is 2. The smallest absolute Gasteiger partial charge is 0.317 e. The van der Waals surface area contributed by atoms with Gasteiger partial charge in [0.1, 0.15) is 5.82 Å². The van der Waals surface area contributed by atoms with Crippen LogP contribution in [-0.4, -0.2) is 53.0 Å². The lowest BCUT2D eigenvalue weighted by atomic mass is 9.85. The predicted octanol–water partition coefficient (Wildman–Crippen LogP) is 3.64. The maximum absolute atomic E-state index is 13.0. The van der Waals surface area contributed by atoms with Crippen molar-refractivity contribution in [3.8, 4) is 0 Å². The standard InChI is InChI=1S/C22H33FN2O3/c1-16(2)28-20-9-7-19(8-10-20)24-21(26)25-13-11-22(27,12-14-25)15-17-3-5-18(23)6-4-17/h3-6,16,19-20,27H,7-15H2,1-2H3,(H,24,26). The summed E-state index contributed by atoms with van der Waals surface area (Å²) in [5.41, 5.74) is 0.0862. The number of hydrogen-bond acceptors (Lipinski definition) is 3. The van der Waals surface area contributed by atoms with Crippen molar-refractivity contribution in [3.63, 3.8) is 0 Å². The fourth-order valence-corrected chi connectivity index (χ4v) is 4.28. The Morgan fingerprint density at radius 2 is 1.82 bits per heavy atom. The minimum absolute atomic E-state index is 0.0305. The van der Waals surface area contributed by atoms with E-state index >= 15 is 0 Å². The molecule has 0 radical (unpaired) electrons. The number of nitrogens with zero attached hydrogens (tertiary/aromatic N) is 1. The Balaban J connectivity index is 1.42. The van der Waals surface area contributed by atoms with Crippen LogP contribution in [0, 0.1) is 5.82 Å². The fourth-order valence-electron chi connectivity index (χ4n) is 4.28. The highest BCUT2D eigenvalue weighted by Gasteiger charge is 2.34. The van der Waals surface area contributed by atoms with E-state index < -0.39 is 5.60 Å². The Labute approximate surface area is 167 Å². The van der Waals surface area contributed by atoms with Crippen LogP contribution in [-0.2, 0) is 11.2 Å². The minimum atomic E-state index is -0.832. The van der Waals surface area contributed by atoms with E-state index in [1.807, 2.05) is 0 Å². The third-order valence-electron chi connectivity index (χ3n) is 5.89. The number of carbonyl (C=O) groups excluding carboxylic acids is 1. The van der Waals surface area contributed by atoms with Crippen LogP contribution in [0.3, 0.4) is 0 Å². The van der Waals surface area contributed by atoms with Gasteiger partial charge in [0.05, 0.1) is 17.8 Å². The van der Waals surface area contributed by atoms with E-state index in [2.05, 4.69) is 19.2 Å². The Morgan fingerprint density at radius 3 is 2.39 bits per heavy atom. The number of aliphatic hydroxyl groups is 1. The second-order valence-corrected chi connectivity index (χ2v) is 8.62. The number of ether oxygens (including phenoxy) is 1. The summed E-state index contributed by atoms with van der Waals surface area (Å²) in [5.74, 6) is -0.271. The van der Waals surface area contributed by atoms with E-state index in [1.54, 1.807) is 17.0 Å². The molecule has 2 N–H and O–H groups in total. The highest BCUT2D eigenvalue weighted by Crippen LogP contribution is 2.27. The normalized spacial score (nSPS) is 25.0. The average molecular weight is 393 g/mol. The zero-order chi connectivity index (χ0) is 20.1. The highest BCUT2D eigenvalue weighted by atomic mass is 19.1. The van der Waals surface area contributed by atoms with E-state index in [9.17, 15) is 14.3 Å². The lowest BCUT2D eigenvalue weighted by Gasteiger charge is -2.39. The molecular weight excluding hydrogens is 359 g/mol. The zero-order valence-corrected chi connectivity index (χ0v) is 17.0. The monoisotopic (exact) mass is 392 g/mol. The first-order valence-corrected chi connectivity index (χ1v) is 10.5. The largest absolute Gasteiger partial charge is 0.389 e. The Morgan fingerprint density at radius 1 is 1.21 bits per heavy atom. The molecule has 1 aromatic rings. The van der Waals surface area contributed by atoms with Gasteiger partial charge >= 0.3 is 6.03 Å². The Kier molecular flexibility index (Phi) is 6.94. The second kappa shape index (κ2) is 9.23. The molecule has 28 heavy (non-hydrogen) atoms. The third-order valence-corrected chi connectivity index (χ3v) is 5.89. The number of benzene rings is 1. The summed E-state index contributed by atoms with van der Waals surface area (Å²) in [4.78, 5) is 14.4. The van der Waals surface area contributed by atoms with Crippen molar-refractivity contribution in [2.45, 2.75) is 82.6 Å². The number of nitrogens with one attached hydrogen (secondary N) is 1. The van der Waals surface area contributed by atoms with Gasteiger partial charge < -0.3 is 20.1 Å². The van der Waals surface area contributed by atoms with E-state index in [0.29, 0.717) is 38.5 Å². The van der Waals surface area contributed by atoms with Crippen LogP contribution >= 0.6 is 0 Å². The molecule has 1 aliphatic carbocycles. The molecule has 2 aliphatic rings. The average Bonchev–Trinajstić information content (AvgIpc) is 2.65. The first kappa shape index (κ1) is 21.1. The van der Waals surface area contributed by atoms with Crippen LogP contribution in [0.2, 0.25) is 0 Å². The van der Waals surface area contributed by atoms with Gasteiger partial charge in [0, 0.05) is 25.6 Å². The number of piperidine rings is 1. The molecule has 0 unspecified atom stereocenters. The topological polar surface area (TPSA) is 61.8 Å². The van der Waals surface area contributed by atoms with Gasteiger partial charge in [-0.2, -0.15) is 0 Å². The summed E-state index contributed by atoms with van der Waals surface area (Å²) in [6.45, 7) is 5.19. The molecule has 5 nitrogen and oxygen atoms in total. The molecule has 3 rings (SSSR count). The summed E-state index contributed by atoms with van der Waals surface area (Å²) in [5, 5.41) is 14.0. The van der Waals surface area contributed by atoms with Crippen molar-refractivity contribution in [1.29, 1.82) is 0 Å². The van der Waals surface area contributed by atoms with Crippen molar-refractivity contribution in [1.82, 2.24) is 10.2 Å². The number of likely N-dealkylation sites (tertiary alicyclic amines) is 1. The summed E-state index contributed by atoms with van der Waals surface area (Å²) in [7, 11) is 0. The first-order chi connectivity index (χ1) is 13.3. The SMILES string of the molecule is CC(C)OC1CCC(NC(=O)N2CCC(O)(Cc3ccc(F)cc3)CC2)CC1. The van der Waals surface area contributed by atoms with Gasteiger partial charge in [-0.05, 0) is 70.1 Å². The van der Waals surface area contributed by atoms with E-state index in [0.717, 1.165) is 31.2 Å². The lowest BCUT2D eigenvalue weighted by Crippen LogP contribution is -2.53. The van der Waals surface area contributed by atoms with Crippen molar-refractivity contribution in [3.05, 3.63) is 35.6 Å². The van der Waals surface area contributed by atoms with Gasteiger partial charge in [-0.3, -0.25) is 0 Å². The summed E-state index contributed by atoms with van der Waals surface area (Å²) < 4.78 is 18.9. The summed E-state index contributed by atoms with van der Waals surface area (Å²) in [6, 6.07) is 6.44. The minimum Gasteiger partial charge on any atom is -0.389 e. The summed E-state index contributed by atoms with van der Waals surface area (Å²) in [6.07, 6.45) is 5.99. The molecule has 0 bridgehead atoms. The number of hydrogen-bond donors (Lipinski definition) is 2. The third kappa shape index (κ3) is 5.92. The first-order valence-electron chi connectivity index (χ1n) is 10.5. The molecule has 1 saturated heterocycles. The molecule has 1 heterocycles. The zero-order valence-electron chi connectivity index (χ0n) is 17.0. The highest BCUT2D eigenvalue weighted by molar-refractivity contribution is 5.74. The molecule has 156 valence electrons. The number of rotatable bonds is 5. The van der Waals surface area contributed by atoms with Crippen LogP contribution < -0.4 is 5.32 Å². The van der Waals surface area contributed by atoms with Crippen LogP contribution in [0.1, 0.15) is 57.9 Å². The quantitative estimate of drug-likeness (QED) is 0.804.